The number of carbonyl (C=O) groups excluding carboxylic acids is 2. The molecule has 0 bridgehead atoms. The number of rotatable bonds is 2. The van der Waals surface area contributed by atoms with Crippen LogP contribution in [0.15, 0.2) is 0 Å². The minimum Gasteiger partial charge on any atom is -0.449 e. The molecule has 3 saturated heterocycles. The van der Waals surface area contributed by atoms with Crippen molar-refractivity contribution in [1.82, 2.24) is 14.7 Å². The molecule has 0 aromatic carbocycles. The molecule has 4 rings (SSSR count). The van der Waals surface area contributed by atoms with Crippen LogP contribution in [-0.2, 0) is 9.47 Å². The molecule has 0 radical (unpaired) electrons. The Morgan fingerprint density at radius 1 is 0.933 bits per heavy atom. The highest BCUT2D eigenvalue weighted by Gasteiger charge is 2.43. The van der Waals surface area contributed by atoms with Crippen molar-refractivity contribution in [1.29, 1.82) is 0 Å². The van der Waals surface area contributed by atoms with Crippen molar-refractivity contribution in [2.75, 3.05) is 32.8 Å². The molecule has 1 aliphatic carbocycles. The Hall–Kier alpha value is -1.50. The summed E-state index contributed by atoms with van der Waals surface area (Å²) in [6.07, 6.45) is 8.64. The van der Waals surface area contributed by atoms with Crippen LogP contribution in [-0.4, -0.2) is 83.4 Å². The molecular formula is C23H39N3O4. The summed E-state index contributed by atoms with van der Waals surface area (Å²) in [6, 6.07) is 1.25. The first-order valence-corrected chi connectivity index (χ1v) is 12.0. The lowest BCUT2D eigenvalue weighted by atomic mass is 9.82. The minimum absolute atomic E-state index is 0.0812. The van der Waals surface area contributed by atoms with Gasteiger partial charge >= 0.3 is 12.2 Å². The molecule has 2 unspecified atom stereocenters. The number of amides is 2. The summed E-state index contributed by atoms with van der Waals surface area (Å²) >= 11 is 0. The Morgan fingerprint density at radius 3 is 2.23 bits per heavy atom. The maximum absolute atomic E-state index is 12.6. The second-order valence-corrected chi connectivity index (χ2v) is 10.6. The van der Waals surface area contributed by atoms with E-state index in [0.717, 1.165) is 58.3 Å². The van der Waals surface area contributed by atoms with E-state index in [1.807, 2.05) is 25.7 Å². The van der Waals surface area contributed by atoms with Crippen LogP contribution in [0, 0.1) is 5.92 Å². The highest BCUT2D eigenvalue weighted by Crippen LogP contribution is 2.36. The predicted octanol–water partition coefficient (Wildman–Crippen LogP) is 3.86. The van der Waals surface area contributed by atoms with E-state index in [4.69, 9.17) is 9.47 Å². The van der Waals surface area contributed by atoms with Crippen molar-refractivity contribution in [3.05, 3.63) is 0 Å². The van der Waals surface area contributed by atoms with Crippen LogP contribution in [0.4, 0.5) is 9.59 Å². The van der Waals surface area contributed by atoms with Crippen LogP contribution < -0.4 is 0 Å². The minimum atomic E-state index is -0.442. The molecule has 7 heteroatoms. The van der Waals surface area contributed by atoms with E-state index in [1.54, 1.807) is 0 Å². The van der Waals surface area contributed by atoms with Crippen molar-refractivity contribution in [3.8, 4) is 0 Å². The summed E-state index contributed by atoms with van der Waals surface area (Å²) in [6.45, 7) is 9.95. The first-order chi connectivity index (χ1) is 14.3. The van der Waals surface area contributed by atoms with E-state index >= 15 is 0 Å². The van der Waals surface area contributed by atoms with Gasteiger partial charge in [-0.3, -0.25) is 0 Å². The molecule has 30 heavy (non-hydrogen) atoms. The van der Waals surface area contributed by atoms with Crippen molar-refractivity contribution in [3.63, 3.8) is 0 Å². The maximum atomic E-state index is 12.6. The van der Waals surface area contributed by atoms with Gasteiger partial charge in [0, 0.05) is 50.2 Å². The second-order valence-electron chi connectivity index (χ2n) is 10.6. The van der Waals surface area contributed by atoms with E-state index in [9.17, 15) is 9.59 Å². The number of nitrogens with zero attached hydrogens (tertiary/aromatic N) is 3. The van der Waals surface area contributed by atoms with Gasteiger partial charge in [-0.2, -0.15) is 0 Å². The smallest absolute Gasteiger partial charge is 0.410 e. The second kappa shape index (κ2) is 8.93. The maximum Gasteiger partial charge on any atom is 0.410 e. The largest absolute Gasteiger partial charge is 0.449 e. The van der Waals surface area contributed by atoms with Gasteiger partial charge in [0.2, 0.25) is 0 Å². The Morgan fingerprint density at radius 2 is 1.57 bits per heavy atom. The first kappa shape index (κ1) is 21.7. The molecule has 0 aromatic rings. The Bertz CT molecular complexity index is 618. The van der Waals surface area contributed by atoms with Crippen LogP contribution in [0.2, 0.25) is 0 Å². The molecular weight excluding hydrogens is 382 g/mol. The molecule has 3 heterocycles. The van der Waals surface area contributed by atoms with Gasteiger partial charge in [0.25, 0.3) is 0 Å². The fourth-order valence-corrected chi connectivity index (χ4v) is 5.83. The molecule has 2 atom stereocenters. The van der Waals surface area contributed by atoms with Crippen molar-refractivity contribution >= 4 is 12.2 Å². The average Bonchev–Trinajstić information content (AvgIpc) is 2.73. The summed E-state index contributed by atoms with van der Waals surface area (Å²) in [7, 11) is 0. The monoisotopic (exact) mass is 421 g/mol. The number of cyclic esters (lactones) is 1. The molecule has 170 valence electrons. The summed E-state index contributed by atoms with van der Waals surface area (Å²) in [5, 5.41) is 0. The van der Waals surface area contributed by atoms with Crippen molar-refractivity contribution < 1.29 is 19.1 Å². The van der Waals surface area contributed by atoms with Gasteiger partial charge in [0.15, 0.2) is 0 Å². The zero-order chi connectivity index (χ0) is 21.3. The molecule has 0 aromatic heterocycles. The standard InChI is InChI=1S/C23H39N3O4/c1-23(2,3)30-21(27)25-14-8-18(9-15-25)24-12-10-19(11-13-24)26-20-7-5-4-6-17(20)16-29-22(26)28/h17-20H,4-16H2,1-3H3. The summed E-state index contributed by atoms with van der Waals surface area (Å²) < 4.78 is 11.1. The molecule has 0 N–H and O–H groups in total. The van der Waals surface area contributed by atoms with Gasteiger partial charge in [0.1, 0.15) is 5.60 Å². The molecule has 1 saturated carbocycles. The van der Waals surface area contributed by atoms with Gasteiger partial charge in [-0.15, -0.1) is 0 Å². The zero-order valence-electron chi connectivity index (χ0n) is 19.0. The number of ether oxygens (including phenoxy) is 2. The number of piperidine rings is 2. The van der Waals surface area contributed by atoms with E-state index in [2.05, 4.69) is 9.80 Å². The zero-order valence-corrected chi connectivity index (χ0v) is 19.0. The average molecular weight is 422 g/mol. The van der Waals surface area contributed by atoms with Crippen molar-refractivity contribution in [2.45, 2.75) is 95.9 Å². The molecule has 4 aliphatic rings. The number of carbonyl (C=O) groups is 2. The van der Waals surface area contributed by atoms with Gasteiger partial charge < -0.3 is 24.2 Å². The summed E-state index contributed by atoms with van der Waals surface area (Å²) in [4.78, 5) is 31.4. The van der Waals surface area contributed by atoms with Crippen LogP contribution in [0.3, 0.4) is 0 Å². The molecule has 4 fully saturated rings. The third-order valence-electron chi connectivity index (χ3n) is 7.38. The lowest BCUT2D eigenvalue weighted by Crippen LogP contribution is -2.59. The lowest BCUT2D eigenvalue weighted by molar-refractivity contribution is -0.0411. The predicted molar refractivity (Wildman–Crippen MR) is 114 cm³/mol. The van der Waals surface area contributed by atoms with Crippen molar-refractivity contribution in [2.24, 2.45) is 5.92 Å². The van der Waals surface area contributed by atoms with E-state index < -0.39 is 5.60 Å². The van der Waals surface area contributed by atoms with Gasteiger partial charge in [0.05, 0.1) is 6.61 Å². The number of hydrogen-bond donors (Lipinski definition) is 0. The number of hydrogen-bond acceptors (Lipinski definition) is 5. The third-order valence-corrected chi connectivity index (χ3v) is 7.38. The van der Waals surface area contributed by atoms with Gasteiger partial charge in [-0.1, -0.05) is 12.8 Å². The highest BCUT2D eigenvalue weighted by molar-refractivity contribution is 5.69. The molecule has 3 aliphatic heterocycles. The van der Waals surface area contributed by atoms with E-state index in [1.165, 1.54) is 19.3 Å². The van der Waals surface area contributed by atoms with Crippen LogP contribution in [0.5, 0.6) is 0 Å². The highest BCUT2D eigenvalue weighted by atomic mass is 16.6. The van der Waals surface area contributed by atoms with Gasteiger partial charge in [-0.05, 0) is 59.3 Å². The first-order valence-electron chi connectivity index (χ1n) is 12.0. The Kier molecular flexibility index (Phi) is 6.47. The van der Waals surface area contributed by atoms with Gasteiger partial charge in [-0.25, -0.2) is 9.59 Å². The molecule has 0 spiro atoms. The summed E-state index contributed by atoms with van der Waals surface area (Å²) in [5.41, 5.74) is -0.442. The quantitative estimate of drug-likeness (QED) is 0.677. The van der Waals surface area contributed by atoms with Crippen LogP contribution in [0.1, 0.15) is 72.1 Å². The SMILES string of the molecule is CC(C)(C)OC(=O)N1CCC(N2CCC(N3C(=O)OCC4CCCCC43)CC2)CC1. The third kappa shape index (κ3) is 4.87. The summed E-state index contributed by atoms with van der Waals surface area (Å²) in [5.74, 6) is 0.534. The number of likely N-dealkylation sites (tertiary alicyclic amines) is 2. The number of fused-ring (bicyclic) bond motifs is 1. The van der Waals surface area contributed by atoms with Crippen LogP contribution in [0.25, 0.3) is 0 Å². The van der Waals surface area contributed by atoms with Crippen LogP contribution >= 0.6 is 0 Å². The molecule has 7 nitrogen and oxygen atoms in total. The Labute approximate surface area is 181 Å². The van der Waals surface area contributed by atoms with E-state index in [-0.39, 0.29) is 12.2 Å². The fraction of sp³-hybridized carbons (Fsp3) is 0.913. The fourth-order valence-electron chi connectivity index (χ4n) is 5.83. The molecule has 2 amide bonds. The topological polar surface area (TPSA) is 62.3 Å². The normalized spacial score (nSPS) is 30.0. The lowest BCUT2D eigenvalue weighted by Gasteiger charge is -2.49. The van der Waals surface area contributed by atoms with E-state index in [0.29, 0.717) is 30.7 Å². The Balaban J connectivity index is 1.26.